The van der Waals surface area contributed by atoms with E-state index < -0.39 is 12.4 Å². The van der Waals surface area contributed by atoms with Gasteiger partial charge in [0, 0.05) is 18.2 Å². The Morgan fingerprint density at radius 3 is 2.86 bits per heavy atom. The van der Waals surface area contributed by atoms with Crippen LogP contribution in [0.2, 0.25) is 0 Å². The lowest BCUT2D eigenvalue weighted by Gasteiger charge is -2.29. The molecule has 1 fully saturated rings. The van der Waals surface area contributed by atoms with Gasteiger partial charge in [-0.1, -0.05) is 25.1 Å². The number of carbonyl (C=O) groups excluding carboxylic acids is 1. The fraction of sp³-hybridized carbons (Fsp3) is 0.467. The topological polar surface area (TPSA) is 66.8 Å². The molecule has 5 nitrogen and oxygen atoms in total. The number of aliphatic carboxylic acids is 1. The van der Waals surface area contributed by atoms with Crippen LogP contribution in [0, 0.1) is 0 Å². The highest BCUT2D eigenvalue weighted by molar-refractivity contribution is 8.00. The molecule has 0 radical (unpaired) electrons. The molecule has 0 aromatic heterocycles. The number of thioether (sulfide) groups is 1. The van der Waals surface area contributed by atoms with E-state index >= 15 is 0 Å². The van der Waals surface area contributed by atoms with Crippen molar-refractivity contribution < 1.29 is 19.4 Å². The van der Waals surface area contributed by atoms with Crippen molar-refractivity contribution in [2.75, 3.05) is 19.4 Å². The number of hydrogen-bond acceptors (Lipinski definition) is 4. The number of carboxylic acids is 1. The SMILES string of the molecule is COc1ccccc1C(C)C1SCCN1C(=O)CC(=O)O. The van der Waals surface area contributed by atoms with Gasteiger partial charge < -0.3 is 14.7 Å². The number of amides is 1. The van der Waals surface area contributed by atoms with Gasteiger partial charge in [-0.2, -0.15) is 0 Å². The first kappa shape index (κ1) is 15.7. The summed E-state index contributed by atoms with van der Waals surface area (Å²) < 4.78 is 5.38. The van der Waals surface area contributed by atoms with Crippen molar-refractivity contribution in [1.29, 1.82) is 0 Å². The first-order chi connectivity index (χ1) is 10.0. The molecule has 1 amide bonds. The van der Waals surface area contributed by atoms with Crippen LogP contribution < -0.4 is 4.74 Å². The number of carbonyl (C=O) groups is 2. The van der Waals surface area contributed by atoms with Crippen molar-refractivity contribution in [2.24, 2.45) is 0 Å². The Morgan fingerprint density at radius 1 is 1.48 bits per heavy atom. The van der Waals surface area contributed by atoms with Gasteiger partial charge in [0.15, 0.2) is 0 Å². The Bertz CT molecular complexity index is 534. The quantitative estimate of drug-likeness (QED) is 0.844. The Hall–Kier alpha value is -1.69. The molecule has 1 aliphatic heterocycles. The zero-order valence-electron chi connectivity index (χ0n) is 12.1. The second-order valence-electron chi connectivity index (χ2n) is 4.95. The third kappa shape index (κ3) is 3.50. The Labute approximate surface area is 128 Å². The Balaban J connectivity index is 2.19. The molecule has 0 spiro atoms. The maximum Gasteiger partial charge on any atom is 0.312 e. The highest BCUT2D eigenvalue weighted by Crippen LogP contribution is 2.38. The second kappa shape index (κ2) is 6.85. The molecule has 0 saturated carbocycles. The molecule has 0 bridgehead atoms. The van der Waals surface area contributed by atoms with Crippen molar-refractivity contribution in [3.8, 4) is 5.75 Å². The molecule has 1 aromatic rings. The lowest BCUT2D eigenvalue weighted by Crippen LogP contribution is -2.38. The third-order valence-corrected chi connectivity index (χ3v) is 5.03. The van der Waals surface area contributed by atoms with Crippen LogP contribution in [-0.4, -0.2) is 46.7 Å². The van der Waals surface area contributed by atoms with E-state index in [0.717, 1.165) is 17.1 Å². The Kier molecular flexibility index (Phi) is 5.12. The van der Waals surface area contributed by atoms with Crippen LogP contribution >= 0.6 is 11.8 Å². The van der Waals surface area contributed by atoms with Gasteiger partial charge in [0.2, 0.25) is 5.91 Å². The summed E-state index contributed by atoms with van der Waals surface area (Å²) in [6, 6.07) is 7.73. The van der Waals surface area contributed by atoms with Gasteiger partial charge in [-0.05, 0) is 11.6 Å². The molecule has 1 saturated heterocycles. The van der Waals surface area contributed by atoms with Gasteiger partial charge in [-0.3, -0.25) is 9.59 Å². The number of para-hydroxylation sites is 1. The summed E-state index contributed by atoms with van der Waals surface area (Å²) in [6.07, 6.45) is -0.449. The molecule has 6 heteroatoms. The lowest BCUT2D eigenvalue weighted by atomic mass is 9.99. The molecule has 21 heavy (non-hydrogen) atoms. The first-order valence-electron chi connectivity index (χ1n) is 6.80. The van der Waals surface area contributed by atoms with E-state index in [0.29, 0.717) is 6.54 Å². The van der Waals surface area contributed by atoms with Crippen LogP contribution in [0.15, 0.2) is 24.3 Å². The predicted octanol–water partition coefficient (Wildman–Crippen LogP) is 2.17. The minimum absolute atomic E-state index is 0.0480. The first-order valence-corrected chi connectivity index (χ1v) is 7.85. The number of hydrogen-bond donors (Lipinski definition) is 1. The summed E-state index contributed by atoms with van der Waals surface area (Å²) in [5.41, 5.74) is 1.03. The summed E-state index contributed by atoms with van der Waals surface area (Å²) in [4.78, 5) is 24.5. The van der Waals surface area contributed by atoms with Crippen LogP contribution in [0.25, 0.3) is 0 Å². The zero-order chi connectivity index (χ0) is 15.4. The van der Waals surface area contributed by atoms with Crippen molar-refractivity contribution in [3.05, 3.63) is 29.8 Å². The van der Waals surface area contributed by atoms with Crippen LogP contribution in [0.5, 0.6) is 5.75 Å². The second-order valence-corrected chi connectivity index (χ2v) is 6.17. The lowest BCUT2D eigenvalue weighted by molar-refractivity contribution is -0.144. The van der Waals surface area contributed by atoms with E-state index in [1.807, 2.05) is 31.2 Å². The molecular weight excluding hydrogens is 290 g/mol. The molecular formula is C15H19NO4S. The predicted molar refractivity (Wildman–Crippen MR) is 81.6 cm³/mol. The van der Waals surface area contributed by atoms with E-state index in [9.17, 15) is 9.59 Å². The third-order valence-electron chi connectivity index (χ3n) is 3.61. The van der Waals surface area contributed by atoms with Gasteiger partial charge in [0.25, 0.3) is 0 Å². The largest absolute Gasteiger partial charge is 0.496 e. The average Bonchev–Trinajstić information content (AvgIpc) is 2.95. The minimum Gasteiger partial charge on any atom is -0.496 e. The maximum atomic E-state index is 12.1. The highest BCUT2D eigenvalue weighted by atomic mass is 32.2. The normalized spacial score (nSPS) is 19.3. The number of carboxylic acid groups (broad SMARTS) is 1. The number of nitrogens with zero attached hydrogens (tertiary/aromatic N) is 1. The van der Waals surface area contributed by atoms with Gasteiger partial charge >= 0.3 is 5.97 Å². The summed E-state index contributed by atoms with van der Waals surface area (Å²) in [5.74, 6) is 0.296. The molecule has 2 atom stereocenters. The number of rotatable bonds is 5. The zero-order valence-corrected chi connectivity index (χ0v) is 12.9. The van der Waals surface area contributed by atoms with Crippen LogP contribution in [0.4, 0.5) is 0 Å². The van der Waals surface area contributed by atoms with Crippen LogP contribution in [0.3, 0.4) is 0 Å². The molecule has 1 aliphatic rings. The van der Waals surface area contributed by atoms with Crippen molar-refractivity contribution in [1.82, 2.24) is 4.90 Å². The van der Waals surface area contributed by atoms with Crippen LogP contribution in [-0.2, 0) is 9.59 Å². The van der Waals surface area contributed by atoms with Crippen LogP contribution in [0.1, 0.15) is 24.8 Å². The summed E-state index contributed by atoms with van der Waals surface area (Å²) >= 11 is 1.68. The number of ether oxygens (including phenoxy) is 1. The van der Waals surface area contributed by atoms with Crippen molar-refractivity contribution in [2.45, 2.75) is 24.6 Å². The fourth-order valence-corrected chi connectivity index (χ4v) is 3.98. The van der Waals surface area contributed by atoms with Gasteiger partial charge in [-0.15, -0.1) is 11.8 Å². The maximum absolute atomic E-state index is 12.1. The molecule has 1 aromatic carbocycles. The number of benzene rings is 1. The van der Waals surface area contributed by atoms with E-state index in [1.54, 1.807) is 23.8 Å². The van der Waals surface area contributed by atoms with E-state index in [-0.39, 0.29) is 17.2 Å². The minimum atomic E-state index is -1.08. The van der Waals surface area contributed by atoms with E-state index in [1.165, 1.54) is 0 Å². The molecule has 2 rings (SSSR count). The fourth-order valence-electron chi connectivity index (χ4n) is 2.60. The average molecular weight is 309 g/mol. The van der Waals surface area contributed by atoms with Crippen molar-refractivity contribution in [3.63, 3.8) is 0 Å². The van der Waals surface area contributed by atoms with Gasteiger partial charge in [0.1, 0.15) is 12.2 Å². The summed E-state index contributed by atoms with van der Waals surface area (Å²) in [6.45, 7) is 2.64. The molecule has 0 aliphatic carbocycles. The smallest absolute Gasteiger partial charge is 0.312 e. The summed E-state index contributed by atoms with van der Waals surface area (Å²) in [7, 11) is 1.63. The Morgan fingerprint density at radius 2 is 2.19 bits per heavy atom. The van der Waals surface area contributed by atoms with E-state index in [4.69, 9.17) is 9.84 Å². The van der Waals surface area contributed by atoms with E-state index in [2.05, 4.69) is 0 Å². The van der Waals surface area contributed by atoms with Crippen molar-refractivity contribution >= 4 is 23.6 Å². The molecule has 1 heterocycles. The summed E-state index contributed by atoms with van der Waals surface area (Å²) in [5, 5.41) is 8.75. The van der Waals surface area contributed by atoms with Gasteiger partial charge in [0.05, 0.1) is 12.5 Å². The molecule has 114 valence electrons. The monoisotopic (exact) mass is 309 g/mol. The van der Waals surface area contributed by atoms with Gasteiger partial charge in [-0.25, -0.2) is 0 Å². The molecule has 2 unspecified atom stereocenters. The number of methoxy groups -OCH3 is 1. The highest BCUT2D eigenvalue weighted by Gasteiger charge is 2.35. The standard InChI is InChI=1S/C15H19NO4S/c1-10(11-5-3-4-6-12(11)20-2)15-16(7-8-21-15)13(17)9-14(18)19/h3-6,10,15H,7-9H2,1-2H3,(H,18,19). The molecule has 1 N–H and O–H groups in total.